The SMILES string of the molecule is CCOC(=O)c1sc(NC(=O)c2cnn(-c3ccccc3)c2C)nc1-c1ccccc1. The third-order valence-electron chi connectivity index (χ3n) is 4.61. The minimum absolute atomic E-state index is 0.254. The Balaban J connectivity index is 1.63. The molecule has 0 bridgehead atoms. The van der Waals surface area contributed by atoms with Gasteiger partial charge in [0.25, 0.3) is 5.91 Å². The highest BCUT2D eigenvalue weighted by atomic mass is 32.1. The summed E-state index contributed by atoms with van der Waals surface area (Å²) < 4.78 is 6.87. The first kappa shape index (κ1) is 20.5. The van der Waals surface area contributed by atoms with Crippen LogP contribution in [0.5, 0.6) is 0 Å². The van der Waals surface area contributed by atoms with Crippen molar-refractivity contribution in [2.45, 2.75) is 13.8 Å². The van der Waals surface area contributed by atoms with Crippen LogP contribution in [0.25, 0.3) is 16.9 Å². The van der Waals surface area contributed by atoms with Crippen molar-refractivity contribution in [2.75, 3.05) is 11.9 Å². The number of hydrogen-bond acceptors (Lipinski definition) is 6. The largest absolute Gasteiger partial charge is 0.462 e. The lowest BCUT2D eigenvalue weighted by molar-refractivity contribution is 0.0532. The lowest BCUT2D eigenvalue weighted by Crippen LogP contribution is -2.13. The molecule has 0 saturated heterocycles. The molecule has 0 atom stereocenters. The number of benzene rings is 2. The molecule has 31 heavy (non-hydrogen) atoms. The average Bonchev–Trinajstić information content (AvgIpc) is 3.39. The lowest BCUT2D eigenvalue weighted by atomic mass is 10.1. The number of carbonyl (C=O) groups is 2. The molecule has 4 rings (SSSR count). The summed E-state index contributed by atoms with van der Waals surface area (Å²) in [5.74, 6) is -0.809. The van der Waals surface area contributed by atoms with Gasteiger partial charge in [-0.05, 0) is 26.0 Å². The minimum Gasteiger partial charge on any atom is -0.462 e. The molecule has 4 aromatic rings. The molecule has 0 spiro atoms. The van der Waals surface area contributed by atoms with Gasteiger partial charge in [0.15, 0.2) is 5.13 Å². The molecule has 0 aliphatic heterocycles. The molecular weight excluding hydrogens is 412 g/mol. The number of thiazole rings is 1. The van der Waals surface area contributed by atoms with Gasteiger partial charge in [0, 0.05) is 5.56 Å². The van der Waals surface area contributed by atoms with Crippen LogP contribution in [0.1, 0.15) is 32.6 Å². The third-order valence-corrected chi connectivity index (χ3v) is 5.56. The molecule has 2 aromatic heterocycles. The van der Waals surface area contributed by atoms with Crippen molar-refractivity contribution in [3.63, 3.8) is 0 Å². The van der Waals surface area contributed by atoms with E-state index in [1.807, 2.05) is 67.6 Å². The second kappa shape index (κ2) is 8.93. The van der Waals surface area contributed by atoms with Crippen LogP contribution in [0.2, 0.25) is 0 Å². The van der Waals surface area contributed by atoms with Crippen LogP contribution in [0.4, 0.5) is 5.13 Å². The van der Waals surface area contributed by atoms with Gasteiger partial charge in [-0.25, -0.2) is 14.5 Å². The first-order chi connectivity index (χ1) is 15.1. The fourth-order valence-electron chi connectivity index (χ4n) is 3.13. The van der Waals surface area contributed by atoms with E-state index in [1.165, 1.54) is 6.20 Å². The molecule has 156 valence electrons. The molecule has 1 N–H and O–H groups in total. The number of rotatable bonds is 6. The van der Waals surface area contributed by atoms with Crippen LogP contribution >= 0.6 is 11.3 Å². The highest BCUT2D eigenvalue weighted by molar-refractivity contribution is 7.18. The molecule has 0 unspecified atom stereocenters. The number of ether oxygens (including phenoxy) is 1. The number of amides is 1. The highest BCUT2D eigenvalue weighted by Gasteiger charge is 2.23. The summed E-state index contributed by atoms with van der Waals surface area (Å²) in [6.07, 6.45) is 1.52. The number of nitrogens with one attached hydrogen (secondary N) is 1. The Morgan fingerprint density at radius 2 is 1.74 bits per heavy atom. The van der Waals surface area contributed by atoms with E-state index in [2.05, 4.69) is 15.4 Å². The summed E-state index contributed by atoms with van der Waals surface area (Å²) in [6, 6.07) is 18.9. The van der Waals surface area contributed by atoms with Crippen LogP contribution in [0.3, 0.4) is 0 Å². The Hall–Kier alpha value is -3.78. The van der Waals surface area contributed by atoms with Crippen molar-refractivity contribution in [3.8, 4) is 16.9 Å². The third kappa shape index (κ3) is 4.24. The Bertz CT molecular complexity index is 1220. The van der Waals surface area contributed by atoms with Crippen LogP contribution in [-0.2, 0) is 4.74 Å². The minimum atomic E-state index is -0.465. The quantitative estimate of drug-likeness (QED) is 0.445. The summed E-state index contributed by atoms with van der Waals surface area (Å²) in [5.41, 5.74) is 3.25. The number of carbonyl (C=O) groups excluding carboxylic acids is 2. The standard InChI is InChI=1S/C23H20N4O3S/c1-3-30-22(29)20-19(16-10-6-4-7-11-16)25-23(31-20)26-21(28)18-14-24-27(15(18)2)17-12-8-5-9-13-17/h4-14H,3H2,1-2H3,(H,25,26,28). The summed E-state index contributed by atoms with van der Waals surface area (Å²) in [7, 11) is 0. The summed E-state index contributed by atoms with van der Waals surface area (Å²) in [5, 5.41) is 7.45. The Morgan fingerprint density at radius 3 is 2.42 bits per heavy atom. The zero-order valence-corrected chi connectivity index (χ0v) is 17.8. The molecule has 0 saturated carbocycles. The predicted octanol–water partition coefficient (Wildman–Crippen LogP) is 4.73. The molecule has 2 heterocycles. The van der Waals surface area contributed by atoms with Gasteiger partial charge in [-0.2, -0.15) is 5.10 Å². The number of nitrogens with zero attached hydrogens (tertiary/aromatic N) is 3. The first-order valence-electron chi connectivity index (χ1n) is 9.73. The maximum absolute atomic E-state index is 12.9. The van der Waals surface area contributed by atoms with E-state index in [1.54, 1.807) is 11.6 Å². The van der Waals surface area contributed by atoms with Gasteiger partial charge >= 0.3 is 5.97 Å². The van der Waals surface area contributed by atoms with E-state index in [0.29, 0.717) is 27.0 Å². The van der Waals surface area contributed by atoms with Crippen LogP contribution in [0.15, 0.2) is 66.9 Å². The molecule has 0 aliphatic rings. The van der Waals surface area contributed by atoms with Crippen molar-refractivity contribution in [3.05, 3.63) is 83.0 Å². The zero-order valence-electron chi connectivity index (χ0n) is 17.0. The number of hydrogen-bond donors (Lipinski definition) is 1. The first-order valence-corrected chi connectivity index (χ1v) is 10.5. The van der Waals surface area contributed by atoms with Crippen LogP contribution < -0.4 is 5.32 Å². The zero-order chi connectivity index (χ0) is 21.8. The summed E-state index contributed by atoms with van der Waals surface area (Å²) >= 11 is 1.09. The van der Waals surface area contributed by atoms with E-state index >= 15 is 0 Å². The van der Waals surface area contributed by atoms with E-state index < -0.39 is 5.97 Å². The molecule has 0 fully saturated rings. The Kier molecular flexibility index (Phi) is 5.90. The normalized spacial score (nSPS) is 10.6. The van der Waals surface area contributed by atoms with Crippen molar-refractivity contribution in [2.24, 2.45) is 0 Å². The molecule has 1 amide bonds. The molecule has 0 radical (unpaired) electrons. The molecule has 2 aromatic carbocycles. The van der Waals surface area contributed by atoms with Gasteiger partial charge in [0.05, 0.1) is 35.4 Å². The van der Waals surface area contributed by atoms with Gasteiger partial charge in [0.1, 0.15) is 4.88 Å². The molecular formula is C23H20N4O3S. The van der Waals surface area contributed by atoms with E-state index in [9.17, 15) is 9.59 Å². The average molecular weight is 433 g/mol. The monoisotopic (exact) mass is 432 g/mol. The van der Waals surface area contributed by atoms with Crippen LogP contribution in [-0.4, -0.2) is 33.2 Å². The fourth-order valence-corrected chi connectivity index (χ4v) is 4.00. The topological polar surface area (TPSA) is 86.1 Å². The maximum Gasteiger partial charge on any atom is 0.350 e. The van der Waals surface area contributed by atoms with Crippen molar-refractivity contribution in [1.29, 1.82) is 0 Å². The van der Waals surface area contributed by atoms with E-state index in [0.717, 1.165) is 22.6 Å². The summed E-state index contributed by atoms with van der Waals surface area (Å²) in [4.78, 5) is 30.2. The number of esters is 1. The Labute approximate surface area is 183 Å². The maximum atomic E-state index is 12.9. The second-order valence-electron chi connectivity index (χ2n) is 6.63. The molecule has 7 nitrogen and oxygen atoms in total. The van der Waals surface area contributed by atoms with Gasteiger partial charge in [-0.3, -0.25) is 10.1 Å². The number of anilines is 1. The van der Waals surface area contributed by atoms with Crippen molar-refractivity contribution in [1.82, 2.24) is 14.8 Å². The van der Waals surface area contributed by atoms with E-state index in [4.69, 9.17) is 4.74 Å². The van der Waals surface area contributed by atoms with Crippen molar-refractivity contribution < 1.29 is 14.3 Å². The van der Waals surface area contributed by atoms with Gasteiger partial charge < -0.3 is 4.74 Å². The lowest BCUT2D eigenvalue weighted by Gasteiger charge is -2.05. The smallest absolute Gasteiger partial charge is 0.350 e. The highest BCUT2D eigenvalue weighted by Crippen LogP contribution is 2.32. The fraction of sp³-hybridized carbons (Fsp3) is 0.130. The second-order valence-corrected chi connectivity index (χ2v) is 7.63. The van der Waals surface area contributed by atoms with E-state index in [-0.39, 0.29) is 12.5 Å². The van der Waals surface area contributed by atoms with Gasteiger partial charge in [0.2, 0.25) is 0 Å². The van der Waals surface area contributed by atoms with Gasteiger partial charge in [-0.1, -0.05) is 59.9 Å². The summed E-state index contributed by atoms with van der Waals surface area (Å²) in [6.45, 7) is 3.83. The molecule has 8 heteroatoms. The number of aromatic nitrogens is 3. The van der Waals surface area contributed by atoms with Crippen molar-refractivity contribution >= 4 is 28.3 Å². The molecule has 0 aliphatic carbocycles. The Morgan fingerprint density at radius 1 is 1.06 bits per heavy atom. The van der Waals surface area contributed by atoms with Gasteiger partial charge in [-0.15, -0.1) is 0 Å². The predicted molar refractivity (Wildman–Crippen MR) is 120 cm³/mol. The number of para-hydroxylation sites is 1. The van der Waals surface area contributed by atoms with Crippen LogP contribution in [0, 0.1) is 6.92 Å².